The third-order valence-electron chi connectivity index (χ3n) is 7.25. The van der Waals surface area contributed by atoms with Crippen LogP contribution in [0.1, 0.15) is 58.5 Å². The SMILES string of the molecule is O=C1c2ccccc2C(=O)C1(c1cccc(Cl)n1)N1CCN(CC2CCCCC2)CC1. The zero-order valence-electron chi connectivity index (χ0n) is 17.7. The molecule has 0 N–H and O–H groups in total. The lowest BCUT2D eigenvalue weighted by Crippen LogP contribution is -2.61. The van der Waals surface area contributed by atoms with Crippen molar-refractivity contribution in [2.75, 3.05) is 32.7 Å². The summed E-state index contributed by atoms with van der Waals surface area (Å²) in [5, 5.41) is 0.296. The number of piperazine rings is 1. The first-order chi connectivity index (χ1) is 15.1. The van der Waals surface area contributed by atoms with Gasteiger partial charge in [0, 0.05) is 43.9 Å². The van der Waals surface area contributed by atoms with Gasteiger partial charge in [-0.2, -0.15) is 0 Å². The van der Waals surface area contributed by atoms with Crippen molar-refractivity contribution in [3.63, 3.8) is 0 Å². The zero-order valence-corrected chi connectivity index (χ0v) is 18.5. The maximum atomic E-state index is 13.8. The van der Waals surface area contributed by atoms with Gasteiger partial charge < -0.3 is 4.90 Å². The van der Waals surface area contributed by atoms with E-state index in [0.29, 0.717) is 35.1 Å². The van der Waals surface area contributed by atoms with Gasteiger partial charge in [0.25, 0.3) is 0 Å². The Bertz CT molecular complexity index is 959. The summed E-state index contributed by atoms with van der Waals surface area (Å²) in [6.45, 7) is 4.16. The Morgan fingerprint density at radius 1 is 0.871 bits per heavy atom. The van der Waals surface area contributed by atoms with E-state index in [2.05, 4.69) is 9.88 Å². The summed E-state index contributed by atoms with van der Waals surface area (Å²) in [4.78, 5) is 36.6. The van der Waals surface area contributed by atoms with E-state index in [-0.39, 0.29) is 11.6 Å². The average molecular weight is 438 g/mol. The number of rotatable bonds is 4. The van der Waals surface area contributed by atoms with Crippen LogP contribution in [0.25, 0.3) is 0 Å². The molecule has 162 valence electrons. The predicted molar refractivity (Wildman–Crippen MR) is 121 cm³/mol. The molecule has 2 aliphatic carbocycles. The van der Waals surface area contributed by atoms with Gasteiger partial charge in [-0.25, -0.2) is 4.98 Å². The molecule has 2 heterocycles. The van der Waals surface area contributed by atoms with Gasteiger partial charge in [0.1, 0.15) is 5.15 Å². The zero-order chi connectivity index (χ0) is 21.4. The van der Waals surface area contributed by atoms with E-state index in [1.807, 2.05) is 17.0 Å². The fourth-order valence-electron chi connectivity index (χ4n) is 5.66. The Hall–Kier alpha value is -2.08. The number of hydrogen-bond donors (Lipinski definition) is 0. The minimum Gasteiger partial charge on any atom is -0.301 e. The molecule has 1 saturated carbocycles. The Kier molecular flexibility index (Phi) is 5.67. The van der Waals surface area contributed by atoms with Crippen molar-refractivity contribution >= 4 is 23.2 Å². The van der Waals surface area contributed by atoms with Crippen molar-refractivity contribution in [3.05, 3.63) is 64.4 Å². The molecular formula is C25H28ClN3O2. The summed E-state index contributed by atoms with van der Waals surface area (Å²) < 4.78 is 0. The molecule has 0 radical (unpaired) electrons. The van der Waals surface area contributed by atoms with Gasteiger partial charge in [0.2, 0.25) is 0 Å². The molecule has 0 spiro atoms. The van der Waals surface area contributed by atoms with E-state index in [1.165, 1.54) is 32.1 Å². The molecule has 6 heteroatoms. The van der Waals surface area contributed by atoms with Gasteiger partial charge in [-0.05, 0) is 30.9 Å². The summed E-state index contributed by atoms with van der Waals surface area (Å²) in [5.41, 5.74) is -0.00402. The number of benzene rings is 1. The van der Waals surface area contributed by atoms with Crippen LogP contribution in [0.2, 0.25) is 5.15 Å². The second-order valence-corrected chi connectivity index (χ2v) is 9.44. The second kappa shape index (κ2) is 8.45. The number of nitrogens with zero attached hydrogens (tertiary/aromatic N) is 3. The van der Waals surface area contributed by atoms with E-state index in [9.17, 15) is 9.59 Å². The van der Waals surface area contributed by atoms with E-state index in [4.69, 9.17) is 11.6 Å². The number of halogens is 1. The molecule has 0 amide bonds. The number of carbonyl (C=O) groups is 2. The normalized spacial score (nSPS) is 22.6. The predicted octanol–water partition coefficient (Wildman–Crippen LogP) is 4.21. The summed E-state index contributed by atoms with van der Waals surface area (Å²) in [7, 11) is 0. The largest absolute Gasteiger partial charge is 0.301 e. The van der Waals surface area contributed by atoms with Gasteiger partial charge in [-0.1, -0.05) is 61.2 Å². The molecule has 5 nitrogen and oxygen atoms in total. The molecule has 1 aromatic carbocycles. The first kappa shape index (κ1) is 20.8. The van der Waals surface area contributed by atoms with Crippen molar-refractivity contribution in [2.24, 2.45) is 5.92 Å². The van der Waals surface area contributed by atoms with E-state index in [1.54, 1.807) is 30.3 Å². The molecule has 3 aliphatic rings. The fourth-order valence-corrected chi connectivity index (χ4v) is 5.83. The summed E-state index contributed by atoms with van der Waals surface area (Å²) in [6, 6.07) is 12.3. The minimum absolute atomic E-state index is 0.177. The van der Waals surface area contributed by atoms with Crippen LogP contribution in [0.5, 0.6) is 0 Å². The third-order valence-corrected chi connectivity index (χ3v) is 7.46. The Morgan fingerprint density at radius 2 is 1.52 bits per heavy atom. The Balaban J connectivity index is 1.45. The van der Waals surface area contributed by atoms with Crippen LogP contribution >= 0.6 is 11.6 Å². The number of ketones is 2. The number of carbonyl (C=O) groups excluding carboxylic acids is 2. The summed E-state index contributed by atoms with van der Waals surface area (Å²) >= 11 is 6.20. The number of hydrogen-bond acceptors (Lipinski definition) is 5. The van der Waals surface area contributed by atoms with Gasteiger partial charge in [-0.3, -0.25) is 14.5 Å². The summed E-state index contributed by atoms with van der Waals surface area (Å²) in [6.07, 6.45) is 6.70. The molecular weight excluding hydrogens is 410 g/mol. The van der Waals surface area contributed by atoms with Crippen molar-refractivity contribution in [3.8, 4) is 0 Å². The van der Waals surface area contributed by atoms with Crippen LogP contribution in [-0.4, -0.2) is 59.1 Å². The smallest absolute Gasteiger partial charge is 0.198 e. The third kappa shape index (κ3) is 3.53. The molecule has 5 rings (SSSR count). The molecule has 1 aliphatic heterocycles. The van der Waals surface area contributed by atoms with Gasteiger partial charge >= 0.3 is 0 Å². The molecule has 1 saturated heterocycles. The first-order valence-electron chi connectivity index (χ1n) is 11.4. The lowest BCUT2D eigenvalue weighted by Gasteiger charge is -2.44. The van der Waals surface area contributed by atoms with Gasteiger partial charge in [0.05, 0.1) is 5.69 Å². The molecule has 0 unspecified atom stereocenters. The Morgan fingerprint density at radius 3 is 2.13 bits per heavy atom. The highest BCUT2D eigenvalue weighted by atomic mass is 35.5. The number of Topliss-reactive ketones (excluding diaryl/α,β-unsaturated/α-hetero) is 2. The quantitative estimate of drug-likeness (QED) is 0.529. The minimum atomic E-state index is -1.41. The van der Waals surface area contributed by atoms with Gasteiger partial charge in [-0.15, -0.1) is 0 Å². The highest BCUT2D eigenvalue weighted by molar-refractivity contribution is 6.33. The van der Waals surface area contributed by atoms with E-state index >= 15 is 0 Å². The number of aromatic nitrogens is 1. The lowest BCUT2D eigenvalue weighted by molar-refractivity contribution is 0.0244. The molecule has 2 fully saturated rings. The Labute approximate surface area is 188 Å². The number of fused-ring (bicyclic) bond motifs is 1. The van der Waals surface area contributed by atoms with Crippen LogP contribution in [0, 0.1) is 5.92 Å². The highest BCUT2D eigenvalue weighted by Crippen LogP contribution is 2.42. The van der Waals surface area contributed by atoms with E-state index in [0.717, 1.165) is 25.6 Å². The standard InChI is InChI=1S/C25H28ClN3O2/c26-22-12-6-11-21(27-22)25(23(30)19-9-4-5-10-20(19)24(25)31)29-15-13-28(14-16-29)17-18-7-2-1-3-8-18/h4-6,9-12,18H,1-3,7-8,13-17H2. The lowest BCUT2D eigenvalue weighted by atomic mass is 9.85. The van der Waals surface area contributed by atoms with Crippen molar-refractivity contribution in [1.29, 1.82) is 0 Å². The maximum Gasteiger partial charge on any atom is 0.198 e. The monoisotopic (exact) mass is 437 g/mol. The van der Waals surface area contributed by atoms with Crippen LogP contribution in [0.3, 0.4) is 0 Å². The first-order valence-corrected chi connectivity index (χ1v) is 11.8. The fraction of sp³-hybridized carbons (Fsp3) is 0.480. The van der Waals surface area contributed by atoms with Crippen LogP contribution in [0.15, 0.2) is 42.5 Å². The average Bonchev–Trinajstić information content (AvgIpc) is 3.03. The summed E-state index contributed by atoms with van der Waals surface area (Å²) in [5.74, 6) is 0.426. The van der Waals surface area contributed by atoms with Gasteiger partial charge in [0.15, 0.2) is 17.1 Å². The van der Waals surface area contributed by atoms with Crippen molar-refractivity contribution in [2.45, 2.75) is 37.6 Å². The van der Waals surface area contributed by atoms with Crippen molar-refractivity contribution < 1.29 is 9.59 Å². The highest BCUT2D eigenvalue weighted by Gasteiger charge is 2.59. The van der Waals surface area contributed by atoms with Crippen LogP contribution in [-0.2, 0) is 5.54 Å². The molecule has 31 heavy (non-hydrogen) atoms. The topological polar surface area (TPSA) is 53.5 Å². The molecule has 0 bridgehead atoms. The molecule has 2 aromatic rings. The molecule has 0 atom stereocenters. The number of pyridine rings is 1. The molecule has 1 aromatic heterocycles. The van der Waals surface area contributed by atoms with Crippen LogP contribution < -0.4 is 0 Å². The second-order valence-electron chi connectivity index (χ2n) is 9.05. The van der Waals surface area contributed by atoms with E-state index < -0.39 is 5.54 Å². The van der Waals surface area contributed by atoms with Crippen molar-refractivity contribution in [1.82, 2.24) is 14.8 Å². The van der Waals surface area contributed by atoms with Crippen LogP contribution in [0.4, 0.5) is 0 Å². The maximum absolute atomic E-state index is 13.8.